The van der Waals surface area contributed by atoms with Gasteiger partial charge in [-0.05, 0) is 27.7 Å². The number of oxime groups is 2. The van der Waals surface area contributed by atoms with Crippen molar-refractivity contribution >= 4 is 162 Å². The van der Waals surface area contributed by atoms with Crippen LogP contribution < -0.4 is 70.3 Å². The predicted molar refractivity (Wildman–Crippen MR) is 331 cm³/mol. The predicted octanol–water partition coefficient (Wildman–Crippen LogP) is -4.88. The number of ketones is 2. The van der Waals surface area contributed by atoms with Gasteiger partial charge in [0.1, 0.15) is 11.4 Å². The van der Waals surface area contributed by atoms with Crippen molar-refractivity contribution < 1.29 is 106 Å². The van der Waals surface area contributed by atoms with Crippen molar-refractivity contribution in [3.05, 3.63) is 46.6 Å². The molecular weight excluding hydrogens is 1360 g/mol. The van der Waals surface area contributed by atoms with E-state index in [2.05, 4.69) is 54.6 Å². The number of aliphatic carboxylic acids is 4. The van der Waals surface area contributed by atoms with Crippen molar-refractivity contribution in [2.45, 2.75) is 75.6 Å². The van der Waals surface area contributed by atoms with Gasteiger partial charge in [0.25, 0.3) is 0 Å². The highest BCUT2D eigenvalue weighted by Gasteiger charge is 2.56. The summed E-state index contributed by atoms with van der Waals surface area (Å²) in [7, 11) is 3.25. The maximum Gasteiger partial charge on any atom is 0.352 e. The number of nitrogens with one attached hydrogen (secondary N) is 4. The highest BCUT2D eigenvalue weighted by molar-refractivity contribution is 8.00. The second kappa shape index (κ2) is 31.6. The Morgan fingerprint density at radius 3 is 1.31 bits per heavy atom. The molecule has 42 nitrogen and oxygen atoms in total. The normalized spacial score (nSPS) is 18.1. The summed E-state index contributed by atoms with van der Waals surface area (Å²) in [6.07, 6.45) is 2.28. The summed E-state index contributed by atoms with van der Waals surface area (Å²) < 4.78 is 34.2. The molecule has 516 valence electrons. The number of aromatic nitrogens is 8. The van der Waals surface area contributed by atoms with E-state index >= 15 is 0 Å². The number of hydrogen-bond donors (Lipinski definition) is 14. The van der Waals surface area contributed by atoms with Gasteiger partial charge in [0.15, 0.2) is 69.4 Å². The molecule has 1 unspecified atom stereocenters. The molecule has 0 saturated carbocycles. The summed E-state index contributed by atoms with van der Waals surface area (Å²) in [6, 6.07) is -1.03. The zero-order valence-corrected chi connectivity index (χ0v) is 54.8. The van der Waals surface area contributed by atoms with E-state index < -0.39 is 129 Å². The van der Waals surface area contributed by atoms with Crippen LogP contribution in [0.4, 0.5) is 42.9 Å². The third kappa shape index (κ3) is 17.7. The van der Waals surface area contributed by atoms with E-state index in [0.29, 0.717) is 11.1 Å². The SMILES string of the molecule is Cn1c(N)c(NC(=O)NCCN)c[n+]1CC1=C(C(=O)O)N2C(=O)[C@@H](CC(=O)/C(=N\OC(C)(C)C(=O)O)c3nsc(N)n3)[C@H]2SC1.Cn1c(N)c(NC(=O)NCCN)c[n+]1CC1=C(C(=O)O)N2C(=O)[C@@H](CC(=O)/C(=N\OC(C)(C)C(=O)O)c3nsc(N)n3)[C@H]2SC1.O=S([O-])O[O-]. The number of thioether (sulfide) groups is 2. The highest BCUT2D eigenvalue weighted by Crippen LogP contribution is 2.47. The Balaban J connectivity index is 0.000000281. The van der Waals surface area contributed by atoms with Crippen molar-refractivity contribution in [3.8, 4) is 0 Å². The third-order valence-corrected chi connectivity index (χ3v) is 17.8. The zero-order valence-electron chi connectivity index (χ0n) is 50.7. The minimum absolute atomic E-state index is 0.0242. The van der Waals surface area contributed by atoms with Crippen LogP contribution >= 0.6 is 46.6 Å². The van der Waals surface area contributed by atoms with Crippen LogP contribution in [0.2, 0.25) is 0 Å². The smallest absolute Gasteiger partial charge is 0.352 e. The average molecular weight is 1430 g/mol. The van der Waals surface area contributed by atoms with Crippen LogP contribution in [-0.4, -0.2) is 197 Å². The molecule has 2 fully saturated rings. The van der Waals surface area contributed by atoms with Crippen LogP contribution in [0.25, 0.3) is 0 Å². The molecule has 4 aliphatic rings. The minimum Gasteiger partial charge on any atom is -0.750 e. The molecule has 0 bridgehead atoms. The van der Waals surface area contributed by atoms with Crippen LogP contribution in [0.3, 0.4) is 0 Å². The Kier molecular flexibility index (Phi) is 24.8. The van der Waals surface area contributed by atoms with Gasteiger partial charge in [0, 0.05) is 84.7 Å². The number of nitrogens with two attached hydrogens (primary N) is 6. The van der Waals surface area contributed by atoms with Gasteiger partial charge in [-0.2, -0.15) is 18.7 Å². The largest absolute Gasteiger partial charge is 0.750 e. The van der Waals surface area contributed by atoms with Crippen LogP contribution in [0, 0.1) is 11.8 Å². The molecule has 95 heavy (non-hydrogen) atoms. The molecule has 8 rings (SSSR count). The van der Waals surface area contributed by atoms with Gasteiger partial charge in [0.2, 0.25) is 47.1 Å². The summed E-state index contributed by atoms with van der Waals surface area (Å²) in [4.78, 5) is 146. The number of fused-ring (bicyclic) bond motifs is 2. The van der Waals surface area contributed by atoms with E-state index in [1.807, 2.05) is 0 Å². The molecule has 20 N–H and O–H groups in total. The number of anilines is 6. The lowest BCUT2D eigenvalue weighted by Crippen LogP contribution is -2.62. The Labute approximate surface area is 554 Å². The molecule has 47 heteroatoms. The Morgan fingerprint density at radius 2 is 1.02 bits per heavy atom. The zero-order chi connectivity index (χ0) is 70.7. The van der Waals surface area contributed by atoms with Gasteiger partial charge in [-0.3, -0.25) is 39.6 Å². The first-order valence-electron chi connectivity index (χ1n) is 27.2. The van der Waals surface area contributed by atoms with Gasteiger partial charge in [0.05, 0.1) is 48.0 Å². The van der Waals surface area contributed by atoms with Crippen LogP contribution in [0.15, 0.2) is 45.2 Å². The highest BCUT2D eigenvalue weighted by atomic mass is 32.2. The van der Waals surface area contributed by atoms with E-state index in [4.69, 9.17) is 58.1 Å². The van der Waals surface area contributed by atoms with Gasteiger partial charge in [-0.25, -0.2) is 33.0 Å². The summed E-state index contributed by atoms with van der Waals surface area (Å²) in [5.41, 5.74) is 30.9. The summed E-state index contributed by atoms with van der Waals surface area (Å²) in [5.74, 6) is -9.34. The van der Waals surface area contributed by atoms with Gasteiger partial charge in [-0.15, -0.1) is 42.3 Å². The number of Topliss-reactive ketones (excluding diaryl/α,β-unsaturated/α-hetero) is 2. The van der Waals surface area contributed by atoms with Crippen molar-refractivity contribution in [2.75, 3.05) is 71.3 Å². The molecule has 0 spiro atoms. The lowest BCUT2D eigenvalue weighted by Gasteiger charge is -2.49. The molecule has 5 atom stereocenters. The maximum absolute atomic E-state index is 13.3. The van der Waals surface area contributed by atoms with Crippen molar-refractivity contribution in [1.82, 2.24) is 48.5 Å². The summed E-state index contributed by atoms with van der Waals surface area (Å²) in [6.45, 7) is 5.99. The Morgan fingerprint density at radius 1 is 0.674 bits per heavy atom. The number of nitrogens with zero attached hydrogens (tertiary/aromatic N) is 12. The van der Waals surface area contributed by atoms with E-state index in [1.165, 1.54) is 73.0 Å². The first-order chi connectivity index (χ1) is 44.6. The number of β-lactam (4-membered cyclic amide) rings is 2. The van der Waals surface area contributed by atoms with Crippen molar-refractivity contribution in [2.24, 2.45) is 47.7 Å². The number of carboxylic acids is 4. The third-order valence-electron chi connectivity index (χ3n) is 13.8. The second-order valence-electron chi connectivity index (χ2n) is 21.1. The number of urea groups is 2. The number of carbonyl (C=O) groups excluding carboxylic acids is 6. The number of amides is 6. The Bertz CT molecular complexity index is 3610. The molecule has 0 aromatic carbocycles. The van der Waals surface area contributed by atoms with E-state index in [0.717, 1.165) is 32.9 Å². The second-order valence-corrected chi connectivity index (χ2v) is 25.4. The van der Waals surface area contributed by atoms with E-state index in [1.54, 1.807) is 23.5 Å². The van der Waals surface area contributed by atoms with Gasteiger partial charge >= 0.3 is 35.9 Å². The number of hydrogen-bond acceptors (Lipinski definition) is 32. The number of nitrogen functional groups attached to an aromatic ring is 4. The standard InChI is InChI=1S/2C24H31N11O8S2.H2O4S/c2*1-24(2,21(40)41)43-31-14(17-30-22(27)45-32-17)13(36)6-11-18(37)35-15(20(38)39)10(9-44-19(11)35)7-34-8-12(16(26)33(34)3)29-23(42)28-5-4-25;1-4-5(2)3/h2*8,11,19,26H,4-7,9,25H2,1-3H3,(H6,27,28,29,30,32,38,39,40,41,42);1H,(H,2,3)/b2*31-14+;/t2*11-,19-;/m11./s1. The van der Waals surface area contributed by atoms with E-state index in [9.17, 15) is 68.4 Å². The maximum atomic E-state index is 13.3. The van der Waals surface area contributed by atoms with Crippen molar-refractivity contribution in [1.29, 1.82) is 0 Å². The van der Waals surface area contributed by atoms with Gasteiger partial charge in [-0.1, -0.05) is 10.3 Å². The first kappa shape index (κ1) is 74.5. The molecule has 8 heterocycles. The lowest BCUT2D eigenvalue weighted by atomic mass is 9.89. The summed E-state index contributed by atoms with van der Waals surface area (Å²) in [5, 5.41) is 63.9. The molecule has 2 saturated heterocycles. The quantitative estimate of drug-likeness (QED) is 0.00665. The fraction of sp³-hybridized carbons (Fsp3) is 0.458. The molecule has 4 aromatic heterocycles. The molecule has 0 aliphatic carbocycles. The Hall–Kier alpha value is -9.49. The topological polar surface area (TPSA) is 647 Å². The van der Waals surface area contributed by atoms with E-state index in [-0.39, 0.29) is 107 Å². The number of carboxylic acid groups (broad SMARTS) is 4. The molecule has 4 aromatic rings. The van der Waals surface area contributed by atoms with Crippen LogP contribution in [-0.2, 0) is 90.9 Å². The summed E-state index contributed by atoms with van der Waals surface area (Å²) >= 11 is 1.23. The molecule has 4 aliphatic heterocycles. The molecular formula is C48H64N22O20S5. The fourth-order valence-electron chi connectivity index (χ4n) is 8.79. The number of carbonyl (C=O) groups is 10. The minimum atomic E-state index is -2.88. The lowest BCUT2D eigenvalue weighted by molar-refractivity contribution is -0.765. The number of rotatable bonds is 27. The molecule has 0 radical (unpaired) electrons. The first-order valence-corrected chi connectivity index (χ1v) is 31.9. The van der Waals surface area contributed by atoms with Crippen LogP contribution in [0.5, 0.6) is 0 Å². The average Bonchev–Trinajstić information content (AvgIpc) is 1.24. The monoisotopic (exact) mass is 1430 g/mol. The van der Waals surface area contributed by atoms with Crippen molar-refractivity contribution in [3.63, 3.8) is 0 Å². The molecule has 6 amide bonds. The van der Waals surface area contributed by atoms with Crippen LogP contribution in [0.1, 0.15) is 52.2 Å². The van der Waals surface area contributed by atoms with Gasteiger partial charge < -0.3 is 89.3 Å². The fourth-order valence-corrected chi connectivity index (χ4v) is 12.5.